The van der Waals surface area contributed by atoms with Gasteiger partial charge in [0.25, 0.3) is 0 Å². The fourth-order valence-corrected chi connectivity index (χ4v) is 4.45. The summed E-state index contributed by atoms with van der Waals surface area (Å²) in [6.07, 6.45) is 3.98. The summed E-state index contributed by atoms with van der Waals surface area (Å²) < 4.78 is 25.2. The van der Waals surface area contributed by atoms with Crippen molar-refractivity contribution in [3.63, 3.8) is 0 Å². The fourth-order valence-electron chi connectivity index (χ4n) is 2.69. The van der Waals surface area contributed by atoms with Gasteiger partial charge >= 0.3 is 0 Å². The second kappa shape index (κ2) is 6.45. The highest BCUT2D eigenvalue weighted by Crippen LogP contribution is 2.27. The molecule has 0 bridgehead atoms. The van der Waals surface area contributed by atoms with Crippen LogP contribution in [0.3, 0.4) is 0 Å². The Bertz CT molecular complexity index is 728. The van der Waals surface area contributed by atoms with Crippen molar-refractivity contribution in [2.75, 3.05) is 19.3 Å². The molecule has 1 aliphatic rings. The summed E-state index contributed by atoms with van der Waals surface area (Å²) in [7, 11) is -3.13. The number of thiazole rings is 1. The van der Waals surface area contributed by atoms with E-state index in [-0.39, 0.29) is 6.04 Å². The highest BCUT2D eigenvalue weighted by molar-refractivity contribution is 7.88. The summed E-state index contributed by atoms with van der Waals surface area (Å²) in [5.41, 5.74) is 1.18. The molecule has 1 N–H and O–H groups in total. The Labute approximate surface area is 135 Å². The first-order valence-corrected chi connectivity index (χ1v) is 9.90. The third-order valence-electron chi connectivity index (χ3n) is 3.62. The molecule has 7 heteroatoms. The molecule has 1 aromatic carbocycles. The molecule has 118 valence electrons. The normalized spacial score (nSPS) is 19.6. The number of nitrogens with one attached hydrogen (secondary N) is 1. The summed E-state index contributed by atoms with van der Waals surface area (Å²) in [6.45, 7) is 2.42. The zero-order chi connectivity index (χ0) is 15.6. The van der Waals surface area contributed by atoms with E-state index in [4.69, 9.17) is 0 Å². The van der Waals surface area contributed by atoms with Crippen LogP contribution in [-0.2, 0) is 16.6 Å². The lowest BCUT2D eigenvalue weighted by atomic mass is 10.2. The molecule has 0 spiro atoms. The summed E-state index contributed by atoms with van der Waals surface area (Å²) >= 11 is 1.70. The lowest BCUT2D eigenvalue weighted by Crippen LogP contribution is -2.36. The van der Waals surface area contributed by atoms with E-state index >= 15 is 0 Å². The number of rotatable bonds is 5. The Morgan fingerprint density at radius 2 is 2.14 bits per heavy atom. The second-order valence-electron chi connectivity index (χ2n) is 5.60. The van der Waals surface area contributed by atoms with E-state index in [1.807, 2.05) is 24.4 Å². The molecule has 2 aromatic rings. The Kier molecular flexibility index (Phi) is 4.58. The van der Waals surface area contributed by atoms with Gasteiger partial charge in [0.15, 0.2) is 0 Å². The summed E-state index contributed by atoms with van der Waals surface area (Å²) in [4.78, 5) is 7.91. The lowest BCUT2D eigenvalue weighted by Gasteiger charge is -2.14. The second-order valence-corrected chi connectivity index (χ2v) is 8.49. The number of hydrogen-bond acceptors (Lipinski definition) is 5. The van der Waals surface area contributed by atoms with Crippen molar-refractivity contribution in [3.8, 4) is 10.4 Å². The molecule has 1 aliphatic heterocycles. The van der Waals surface area contributed by atoms with Gasteiger partial charge in [-0.05, 0) is 12.0 Å². The number of hydrogen-bond donors (Lipinski definition) is 1. The summed E-state index contributed by atoms with van der Waals surface area (Å²) in [5.74, 6) is 0. The Morgan fingerprint density at radius 3 is 2.86 bits per heavy atom. The van der Waals surface area contributed by atoms with E-state index < -0.39 is 10.0 Å². The van der Waals surface area contributed by atoms with Gasteiger partial charge in [-0.1, -0.05) is 30.3 Å². The van der Waals surface area contributed by atoms with Gasteiger partial charge in [-0.25, -0.2) is 18.1 Å². The van der Waals surface area contributed by atoms with Crippen LogP contribution in [0.2, 0.25) is 0 Å². The molecule has 0 saturated carbocycles. The first kappa shape index (κ1) is 15.6. The molecular formula is C15H19N3O2S2. The highest BCUT2D eigenvalue weighted by Gasteiger charge is 2.25. The van der Waals surface area contributed by atoms with Crippen molar-refractivity contribution in [2.45, 2.75) is 19.0 Å². The minimum Gasteiger partial charge on any atom is -0.295 e. The Morgan fingerprint density at radius 1 is 1.36 bits per heavy atom. The van der Waals surface area contributed by atoms with Crippen molar-refractivity contribution < 1.29 is 8.42 Å². The van der Waals surface area contributed by atoms with Crippen LogP contribution in [0.1, 0.15) is 11.4 Å². The Hall–Kier alpha value is -1.28. The molecule has 2 heterocycles. The summed E-state index contributed by atoms with van der Waals surface area (Å²) in [6, 6.07) is 10.2. The van der Waals surface area contributed by atoms with Gasteiger partial charge in [-0.15, -0.1) is 11.3 Å². The van der Waals surface area contributed by atoms with Crippen molar-refractivity contribution in [1.82, 2.24) is 14.6 Å². The van der Waals surface area contributed by atoms with Gasteiger partial charge in [-0.3, -0.25) is 4.90 Å². The largest absolute Gasteiger partial charge is 0.295 e. The fraction of sp³-hybridized carbons (Fsp3) is 0.400. The molecule has 1 unspecified atom stereocenters. The van der Waals surface area contributed by atoms with Crippen LogP contribution in [-0.4, -0.2) is 43.7 Å². The van der Waals surface area contributed by atoms with Gasteiger partial charge in [0.2, 0.25) is 10.0 Å². The van der Waals surface area contributed by atoms with Crippen molar-refractivity contribution >= 4 is 21.4 Å². The van der Waals surface area contributed by atoms with E-state index in [0.717, 1.165) is 31.1 Å². The minimum absolute atomic E-state index is 0.0172. The van der Waals surface area contributed by atoms with Crippen LogP contribution in [0.25, 0.3) is 10.4 Å². The molecule has 1 atom stereocenters. The van der Waals surface area contributed by atoms with Crippen LogP contribution < -0.4 is 4.72 Å². The SMILES string of the molecule is CS(=O)(=O)NC1CCN(Cc2ncc(-c3ccccc3)s2)C1. The van der Waals surface area contributed by atoms with Crippen LogP contribution >= 0.6 is 11.3 Å². The minimum atomic E-state index is -3.13. The number of aromatic nitrogens is 1. The predicted molar refractivity (Wildman–Crippen MR) is 89.2 cm³/mol. The van der Waals surface area contributed by atoms with Crippen molar-refractivity contribution in [3.05, 3.63) is 41.5 Å². The number of likely N-dealkylation sites (tertiary alicyclic amines) is 1. The lowest BCUT2D eigenvalue weighted by molar-refractivity contribution is 0.324. The smallest absolute Gasteiger partial charge is 0.208 e. The van der Waals surface area contributed by atoms with E-state index in [1.165, 1.54) is 16.7 Å². The summed E-state index contributed by atoms with van der Waals surface area (Å²) in [5, 5.41) is 1.07. The predicted octanol–water partition coefficient (Wildman–Crippen LogP) is 1.93. The molecule has 3 rings (SSSR count). The monoisotopic (exact) mass is 337 g/mol. The van der Waals surface area contributed by atoms with Gasteiger partial charge in [-0.2, -0.15) is 0 Å². The molecule has 0 radical (unpaired) electrons. The van der Waals surface area contributed by atoms with Crippen molar-refractivity contribution in [2.24, 2.45) is 0 Å². The number of sulfonamides is 1. The standard InChI is InChI=1S/C15H19N3O2S2/c1-22(19,20)17-13-7-8-18(10-13)11-15-16-9-14(21-15)12-5-3-2-4-6-12/h2-6,9,13,17H,7-8,10-11H2,1H3. The van der Waals surface area contributed by atoms with Gasteiger partial charge < -0.3 is 0 Å². The topological polar surface area (TPSA) is 62.3 Å². The molecule has 0 amide bonds. The maximum absolute atomic E-state index is 11.3. The molecular weight excluding hydrogens is 318 g/mol. The van der Waals surface area contributed by atoms with E-state index in [2.05, 4.69) is 26.7 Å². The first-order chi connectivity index (χ1) is 10.5. The van der Waals surface area contributed by atoms with Gasteiger partial charge in [0.1, 0.15) is 5.01 Å². The highest BCUT2D eigenvalue weighted by atomic mass is 32.2. The third kappa shape index (κ3) is 4.13. The van der Waals surface area contributed by atoms with Gasteiger partial charge in [0.05, 0.1) is 17.7 Å². The molecule has 1 fully saturated rings. The average molecular weight is 337 g/mol. The van der Waals surface area contributed by atoms with Gasteiger partial charge in [0, 0.05) is 25.3 Å². The molecule has 22 heavy (non-hydrogen) atoms. The van der Waals surface area contributed by atoms with E-state index in [0.29, 0.717) is 0 Å². The molecule has 1 saturated heterocycles. The van der Waals surface area contributed by atoms with E-state index in [9.17, 15) is 8.42 Å². The quantitative estimate of drug-likeness (QED) is 0.906. The maximum Gasteiger partial charge on any atom is 0.208 e. The van der Waals surface area contributed by atoms with Crippen LogP contribution in [0, 0.1) is 0 Å². The van der Waals surface area contributed by atoms with Crippen LogP contribution in [0.4, 0.5) is 0 Å². The first-order valence-electron chi connectivity index (χ1n) is 7.19. The van der Waals surface area contributed by atoms with Crippen LogP contribution in [0.15, 0.2) is 36.5 Å². The van der Waals surface area contributed by atoms with Crippen LogP contribution in [0.5, 0.6) is 0 Å². The average Bonchev–Trinajstić information content (AvgIpc) is 3.08. The number of nitrogens with zero attached hydrogens (tertiary/aromatic N) is 2. The molecule has 0 aliphatic carbocycles. The zero-order valence-electron chi connectivity index (χ0n) is 12.4. The maximum atomic E-state index is 11.3. The van der Waals surface area contributed by atoms with E-state index in [1.54, 1.807) is 11.3 Å². The third-order valence-corrected chi connectivity index (χ3v) is 5.42. The van der Waals surface area contributed by atoms with Crippen molar-refractivity contribution in [1.29, 1.82) is 0 Å². The Balaban J connectivity index is 1.60. The zero-order valence-corrected chi connectivity index (χ0v) is 14.0. The molecule has 5 nitrogen and oxygen atoms in total. The number of benzene rings is 1. The molecule has 1 aromatic heterocycles.